The highest BCUT2D eigenvalue weighted by atomic mass is 19.1. The first-order valence-corrected chi connectivity index (χ1v) is 9.70. The molecule has 0 spiro atoms. The molecule has 0 unspecified atom stereocenters. The second-order valence-corrected chi connectivity index (χ2v) is 7.25. The van der Waals surface area contributed by atoms with Crippen molar-refractivity contribution >= 4 is 11.8 Å². The minimum atomic E-state index is -0.629. The molecule has 0 radical (unpaired) electrons. The number of halogens is 1. The summed E-state index contributed by atoms with van der Waals surface area (Å²) >= 11 is 0. The first-order chi connectivity index (χ1) is 13.3. The van der Waals surface area contributed by atoms with Gasteiger partial charge in [-0.1, -0.05) is 43.3 Å². The van der Waals surface area contributed by atoms with E-state index in [1.165, 1.54) is 12.1 Å². The van der Waals surface area contributed by atoms with Crippen LogP contribution in [0.25, 0.3) is 0 Å². The van der Waals surface area contributed by atoms with Gasteiger partial charge in [0.05, 0.1) is 6.42 Å². The molecule has 5 heteroatoms. The molecule has 0 aliphatic heterocycles. The fourth-order valence-electron chi connectivity index (χ4n) is 2.91. The molecule has 0 bridgehead atoms. The van der Waals surface area contributed by atoms with Crippen LogP contribution < -0.4 is 5.32 Å². The fraction of sp³-hybridized carbons (Fsp3) is 0.391. The van der Waals surface area contributed by atoms with Gasteiger partial charge in [0.25, 0.3) is 0 Å². The zero-order chi connectivity index (χ0) is 20.7. The Labute approximate surface area is 166 Å². The maximum absolute atomic E-state index is 13.2. The second-order valence-electron chi connectivity index (χ2n) is 7.25. The molecular weight excluding hydrogens is 355 g/mol. The van der Waals surface area contributed by atoms with E-state index in [0.29, 0.717) is 0 Å². The Morgan fingerprint density at radius 3 is 2.32 bits per heavy atom. The number of nitrogens with one attached hydrogen (secondary N) is 1. The minimum Gasteiger partial charge on any atom is -0.352 e. The zero-order valence-electron chi connectivity index (χ0n) is 17.0. The summed E-state index contributed by atoms with van der Waals surface area (Å²) in [6.45, 7) is 7.88. The molecule has 2 aromatic rings. The average Bonchev–Trinajstić information content (AvgIpc) is 2.68. The van der Waals surface area contributed by atoms with Crippen LogP contribution in [-0.2, 0) is 22.6 Å². The molecule has 0 aromatic heterocycles. The van der Waals surface area contributed by atoms with Crippen molar-refractivity contribution in [2.45, 2.75) is 59.2 Å². The fourth-order valence-corrected chi connectivity index (χ4v) is 2.91. The Bertz CT molecular complexity index is 805. The predicted octanol–water partition coefficient (Wildman–Crippen LogP) is 4.01. The smallest absolute Gasteiger partial charge is 0.242 e. The van der Waals surface area contributed by atoms with Gasteiger partial charge in [-0.15, -0.1) is 0 Å². The molecule has 0 fully saturated rings. The topological polar surface area (TPSA) is 49.4 Å². The van der Waals surface area contributed by atoms with E-state index in [1.54, 1.807) is 24.0 Å². The molecule has 2 rings (SSSR count). The highest BCUT2D eigenvalue weighted by molar-refractivity contribution is 5.88. The van der Waals surface area contributed by atoms with E-state index in [0.717, 1.165) is 23.1 Å². The summed E-state index contributed by atoms with van der Waals surface area (Å²) in [4.78, 5) is 27.3. The summed E-state index contributed by atoms with van der Waals surface area (Å²) in [5.41, 5.74) is 2.75. The number of amides is 2. The molecular formula is C23H29FN2O2. The summed E-state index contributed by atoms with van der Waals surface area (Å²) in [5, 5.41) is 2.94. The molecule has 0 aliphatic carbocycles. The Morgan fingerprint density at radius 1 is 1.07 bits per heavy atom. The Morgan fingerprint density at radius 2 is 1.71 bits per heavy atom. The van der Waals surface area contributed by atoms with Crippen molar-refractivity contribution < 1.29 is 14.0 Å². The van der Waals surface area contributed by atoms with E-state index in [1.807, 2.05) is 45.0 Å². The summed E-state index contributed by atoms with van der Waals surface area (Å²) in [6, 6.07) is 13.1. The van der Waals surface area contributed by atoms with Crippen molar-refractivity contribution in [1.29, 1.82) is 0 Å². The number of carbonyl (C=O) groups excluding carboxylic acids is 2. The van der Waals surface area contributed by atoms with Gasteiger partial charge in [0.15, 0.2) is 0 Å². The van der Waals surface area contributed by atoms with Crippen molar-refractivity contribution in [3.63, 3.8) is 0 Å². The maximum atomic E-state index is 13.2. The standard InChI is InChI=1S/C23H29FN2O2/c1-5-17(3)25-23(28)18(4)26(15-19-10-12-21(24)13-11-19)22(27)14-20-9-7-6-8-16(20)2/h6-13,17-18H,5,14-15H2,1-4H3,(H,25,28)/t17-,18+/m0/s1. The summed E-state index contributed by atoms with van der Waals surface area (Å²) in [6.07, 6.45) is 1.03. The number of nitrogens with zero attached hydrogens (tertiary/aromatic N) is 1. The molecule has 0 saturated carbocycles. The van der Waals surface area contributed by atoms with Gasteiger partial charge < -0.3 is 10.2 Å². The van der Waals surface area contributed by atoms with Gasteiger partial charge in [0.2, 0.25) is 11.8 Å². The molecule has 0 heterocycles. The number of carbonyl (C=O) groups is 2. The van der Waals surface area contributed by atoms with Gasteiger partial charge in [-0.3, -0.25) is 9.59 Å². The van der Waals surface area contributed by atoms with E-state index in [2.05, 4.69) is 5.32 Å². The van der Waals surface area contributed by atoms with Crippen molar-refractivity contribution in [1.82, 2.24) is 10.2 Å². The van der Waals surface area contributed by atoms with E-state index in [9.17, 15) is 14.0 Å². The molecule has 2 amide bonds. The van der Waals surface area contributed by atoms with Crippen LogP contribution >= 0.6 is 0 Å². The van der Waals surface area contributed by atoms with E-state index in [4.69, 9.17) is 0 Å². The Hall–Kier alpha value is -2.69. The number of rotatable bonds is 8. The monoisotopic (exact) mass is 384 g/mol. The lowest BCUT2D eigenvalue weighted by Crippen LogP contribution is -2.49. The summed E-state index contributed by atoms with van der Waals surface area (Å²) in [5.74, 6) is -0.649. The summed E-state index contributed by atoms with van der Waals surface area (Å²) < 4.78 is 13.2. The highest BCUT2D eigenvalue weighted by Gasteiger charge is 2.27. The van der Waals surface area contributed by atoms with Crippen LogP contribution in [0.15, 0.2) is 48.5 Å². The van der Waals surface area contributed by atoms with Gasteiger partial charge in [-0.25, -0.2) is 4.39 Å². The van der Waals surface area contributed by atoms with Gasteiger partial charge >= 0.3 is 0 Å². The summed E-state index contributed by atoms with van der Waals surface area (Å²) in [7, 11) is 0. The third-order valence-corrected chi connectivity index (χ3v) is 5.04. The van der Waals surface area contributed by atoms with E-state index < -0.39 is 6.04 Å². The third-order valence-electron chi connectivity index (χ3n) is 5.04. The van der Waals surface area contributed by atoms with Crippen LogP contribution in [-0.4, -0.2) is 28.8 Å². The largest absolute Gasteiger partial charge is 0.352 e. The van der Waals surface area contributed by atoms with E-state index in [-0.39, 0.29) is 36.6 Å². The predicted molar refractivity (Wildman–Crippen MR) is 109 cm³/mol. The highest BCUT2D eigenvalue weighted by Crippen LogP contribution is 2.15. The van der Waals surface area contributed by atoms with Gasteiger partial charge in [0.1, 0.15) is 11.9 Å². The molecule has 150 valence electrons. The molecule has 4 nitrogen and oxygen atoms in total. The van der Waals surface area contributed by atoms with Crippen LogP contribution in [0.1, 0.15) is 43.9 Å². The van der Waals surface area contributed by atoms with Gasteiger partial charge in [0, 0.05) is 12.6 Å². The van der Waals surface area contributed by atoms with Crippen molar-refractivity contribution in [3.8, 4) is 0 Å². The zero-order valence-corrected chi connectivity index (χ0v) is 17.0. The molecule has 28 heavy (non-hydrogen) atoms. The molecule has 0 saturated heterocycles. The van der Waals surface area contributed by atoms with Crippen molar-refractivity contribution in [2.75, 3.05) is 0 Å². The van der Waals surface area contributed by atoms with Crippen LogP contribution in [0, 0.1) is 12.7 Å². The van der Waals surface area contributed by atoms with Crippen LogP contribution in [0.5, 0.6) is 0 Å². The molecule has 2 atom stereocenters. The first-order valence-electron chi connectivity index (χ1n) is 9.70. The first kappa shape index (κ1) is 21.6. The average molecular weight is 384 g/mol. The second kappa shape index (κ2) is 10.0. The minimum absolute atomic E-state index is 0.0362. The number of hydrogen-bond donors (Lipinski definition) is 1. The maximum Gasteiger partial charge on any atom is 0.242 e. The van der Waals surface area contributed by atoms with Crippen LogP contribution in [0.3, 0.4) is 0 Å². The molecule has 0 aliphatic rings. The normalized spacial score (nSPS) is 12.9. The number of hydrogen-bond acceptors (Lipinski definition) is 2. The third kappa shape index (κ3) is 5.91. The molecule has 2 aromatic carbocycles. The van der Waals surface area contributed by atoms with Gasteiger partial charge in [-0.05, 0) is 56.0 Å². The lowest BCUT2D eigenvalue weighted by Gasteiger charge is -2.30. The lowest BCUT2D eigenvalue weighted by atomic mass is 10.0. The Kier molecular flexibility index (Phi) is 7.73. The lowest BCUT2D eigenvalue weighted by molar-refractivity contribution is -0.140. The van der Waals surface area contributed by atoms with E-state index >= 15 is 0 Å². The molecule has 1 N–H and O–H groups in total. The Balaban J connectivity index is 2.23. The van der Waals surface area contributed by atoms with Crippen LogP contribution in [0.2, 0.25) is 0 Å². The number of benzene rings is 2. The van der Waals surface area contributed by atoms with Crippen molar-refractivity contribution in [2.24, 2.45) is 0 Å². The SMILES string of the molecule is CC[C@H](C)NC(=O)[C@@H](C)N(Cc1ccc(F)cc1)C(=O)Cc1ccccc1C. The van der Waals surface area contributed by atoms with Crippen molar-refractivity contribution in [3.05, 3.63) is 71.0 Å². The van der Waals surface area contributed by atoms with Gasteiger partial charge in [-0.2, -0.15) is 0 Å². The number of aryl methyl sites for hydroxylation is 1. The van der Waals surface area contributed by atoms with Crippen LogP contribution in [0.4, 0.5) is 4.39 Å². The quantitative estimate of drug-likeness (QED) is 0.748.